The number of carbonyl (C=O) groups excluding carboxylic acids is 2. The molecule has 0 heterocycles. The van der Waals surface area contributed by atoms with Crippen molar-refractivity contribution in [1.29, 1.82) is 0 Å². The molecule has 2 aliphatic carbocycles. The van der Waals surface area contributed by atoms with E-state index in [4.69, 9.17) is 0 Å². The van der Waals surface area contributed by atoms with Crippen LogP contribution in [0.4, 0.5) is 4.79 Å². The molecular weight excluding hydrogens is 430 g/mol. The maximum absolute atomic E-state index is 12.7. The second-order valence-corrected chi connectivity index (χ2v) is 11.1. The first-order chi connectivity index (χ1) is 13.6. The molecule has 2 N–H and O–H groups in total. The van der Waals surface area contributed by atoms with E-state index in [-0.39, 0.29) is 34.4 Å². The zero-order valence-corrected chi connectivity index (χ0v) is 19.4. The fourth-order valence-electron chi connectivity index (χ4n) is 5.45. The van der Waals surface area contributed by atoms with E-state index >= 15 is 0 Å². The van der Waals surface area contributed by atoms with E-state index in [1.165, 1.54) is 5.56 Å². The van der Waals surface area contributed by atoms with Crippen molar-refractivity contribution in [3.8, 4) is 0 Å². The van der Waals surface area contributed by atoms with Gasteiger partial charge in [0.2, 0.25) is 6.08 Å². The Morgan fingerprint density at radius 2 is 1.90 bits per heavy atom. The van der Waals surface area contributed by atoms with Gasteiger partial charge in [0.25, 0.3) is 0 Å². The fraction of sp³-hybridized carbons (Fsp3) is 0.652. The molecule has 2 aliphatic rings. The van der Waals surface area contributed by atoms with Gasteiger partial charge in [-0.15, -0.1) is 0 Å². The molecule has 5 nitrogen and oxygen atoms in total. The Morgan fingerprint density at radius 1 is 1.24 bits per heavy atom. The van der Waals surface area contributed by atoms with Crippen LogP contribution in [0.3, 0.4) is 0 Å². The van der Waals surface area contributed by atoms with Crippen LogP contribution >= 0.6 is 15.9 Å². The zero-order valence-electron chi connectivity index (χ0n) is 17.8. The number of carbonyl (C=O) groups is 1. The van der Waals surface area contributed by atoms with Crippen molar-refractivity contribution in [1.82, 2.24) is 10.6 Å². The average Bonchev–Trinajstić information content (AvgIpc) is 3.41. The van der Waals surface area contributed by atoms with Crippen molar-refractivity contribution in [2.24, 2.45) is 15.8 Å². The number of nitrogens with one attached hydrogen (secondary N) is 2. The minimum Gasteiger partial charge on any atom is -0.338 e. The second-order valence-electron chi connectivity index (χ2n) is 10.1. The highest BCUT2D eigenvalue weighted by atomic mass is 79.9. The molecule has 29 heavy (non-hydrogen) atoms. The maximum atomic E-state index is 12.7. The number of halogens is 1. The molecule has 2 saturated carbocycles. The summed E-state index contributed by atoms with van der Waals surface area (Å²) in [5.74, 6) is 0. The monoisotopic (exact) mass is 461 g/mol. The van der Waals surface area contributed by atoms with Crippen LogP contribution in [-0.2, 0) is 10.2 Å². The van der Waals surface area contributed by atoms with Gasteiger partial charge in [0.15, 0.2) is 0 Å². The van der Waals surface area contributed by atoms with E-state index in [1.807, 2.05) is 0 Å². The molecule has 3 unspecified atom stereocenters. The van der Waals surface area contributed by atoms with Gasteiger partial charge < -0.3 is 10.6 Å². The Morgan fingerprint density at radius 3 is 2.48 bits per heavy atom. The topological polar surface area (TPSA) is 70.6 Å². The highest BCUT2D eigenvalue weighted by Gasteiger charge is 2.49. The molecule has 6 heteroatoms. The lowest BCUT2D eigenvalue weighted by molar-refractivity contribution is 0.0849. The van der Waals surface area contributed by atoms with Crippen molar-refractivity contribution in [2.75, 3.05) is 6.54 Å². The lowest BCUT2D eigenvalue weighted by atomic mass is 9.63. The minimum absolute atomic E-state index is 0.0165. The summed E-state index contributed by atoms with van der Waals surface area (Å²) in [4.78, 5) is 27.4. The highest BCUT2D eigenvalue weighted by molar-refractivity contribution is 9.10. The molecule has 0 saturated heterocycles. The van der Waals surface area contributed by atoms with Crippen molar-refractivity contribution in [2.45, 2.75) is 77.3 Å². The Labute approximate surface area is 182 Å². The molecule has 2 amide bonds. The summed E-state index contributed by atoms with van der Waals surface area (Å²) in [6, 6.07) is 8.33. The number of hydrogen-bond donors (Lipinski definition) is 2. The SMILES string of the molecule is CC(NC(=O)NCC1(C)CC(N=C=O)CC(C)(C)C1)C1(c2ccc(Br)cc2)CC1. The van der Waals surface area contributed by atoms with Crippen molar-refractivity contribution < 1.29 is 9.59 Å². The van der Waals surface area contributed by atoms with Crippen molar-refractivity contribution in [3.05, 3.63) is 34.3 Å². The van der Waals surface area contributed by atoms with Crippen molar-refractivity contribution >= 4 is 28.0 Å². The number of urea groups is 1. The standard InChI is InChI=1S/C23H32BrN3O2/c1-16(23(9-10-23)17-5-7-18(24)8-6-17)27-20(29)25-14-22(4)12-19(26-15-28)11-21(2,3)13-22/h5-8,16,19H,9-14H2,1-4H3,(H2,25,27,29). The number of aliphatic imine (C=N–C) groups is 1. The molecule has 3 rings (SSSR count). The van der Waals surface area contributed by atoms with E-state index in [2.05, 4.69) is 83.5 Å². The van der Waals surface area contributed by atoms with Crippen LogP contribution < -0.4 is 10.6 Å². The predicted octanol–water partition coefficient (Wildman–Crippen LogP) is 5.09. The summed E-state index contributed by atoms with van der Waals surface area (Å²) in [6.07, 6.45) is 6.57. The normalized spacial score (nSPS) is 28.0. The van der Waals surface area contributed by atoms with Crippen LogP contribution in [0.2, 0.25) is 0 Å². The zero-order chi connectivity index (χ0) is 21.3. The van der Waals surface area contributed by atoms with Gasteiger partial charge in [-0.2, -0.15) is 0 Å². The van der Waals surface area contributed by atoms with Gasteiger partial charge in [-0.1, -0.05) is 48.8 Å². The summed E-state index contributed by atoms with van der Waals surface area (Å²) in [5, 5.41) is 6.25. The van der Waals surface area contributed by atoms with E-state index in [9.17, 15) is 9.59 Å². The summed E-state index contributed by atoms with van der Waals surface area (Å²) in [6.45, 7) is 9.25. The Bertz CT molecular complexity index is 797. The lowest BCUT2D eigenvalue weighted by Crippen LogP contribution is -2.50. The van der Waals surface area contributed by atoms with Crippen LogP contribution in [0.5, 0.6) is 0 Å². The van der Waals surface area contributed by atoms with E-state index in [0.717, 1.165) is 36.6 Å². The molecule has 2 fully saturated rings. The molecular formula is C23H32BrN3O2. The first-order valence-corrected chi connectivity index (χ1v) is 11.2. The molecule has 1 aromatic rings. The molecule has 0 bridgehead atoms. The molecule has 1 aromatic carbocycles. The molecule has 0 aliphatic heterocycles. The summed E-state index contributed by atoms with van der Waals surface area (Å²) >= 11 is 3.49. The Kier molecular flexibility index (Phi) is 6.26. The number of hydrogen-bond acceptors (Lipinski definition) is 3. The number of benzene rings is 1. The quantitative estimate of drug-likeness (QED) is 0.457. The Hall–Kier alpha value is -1.65. The van der Waals surface area contributed by atoms with Gasteiger partial charge in [0, 0.05) is 22.5 Å². The molecule has 3 atom stereocenters. The van der Waals surface area contributed by atoms with Crippen LogP contribution in [0.1, 0.15) is 65.4 Å². The third kappa shape index (κ3) is 5.29. The van der Waals surface area contributed by atoms with E-state index < -0.39 is 0 Å². The molecule has 0 aromatic heterocycles. The van der Waals surface area contributed by atoms with E-state index in [1.54, 1.807) is 6.08 Å². The summed E-state index contributed by atoms with van der Waals surface area (Å²) < 4.78 is 1.07. The van der Waals surface area contributed by atoms with Gasteiger partial charge >= 0.3 is 6.03 Å². The van der Waals surface area contributed by atoms with Crippen LogP contribution in [-0.4, -0.2) is 30.7 Å². The number of nitrogens with zero attached hydrogens (tertiary/aromatic N) is 1. The first-order valence-electron chi connectivity index (χ1n) is 10.5. The van der Waals surface area contributed by atoms with E-state index in [0.29, 0.717) is 6.54 Å². The van der Waals surface area contributed by atoms with Crippen LogP contribution in [0, 0.1) is 10.8 Å². The summed E-state index contributed by atoms with van der Waals surface area (Å²) in [5.41, 5.74) is 1.32. The molecule has 0 radical (unpaired) electrons. The average molecular weight is 462 g/mol. The largest absolute Gasteiger partial charge is 0.338 e. The minimum atomic E-state index is -0.124. The number of amides is 2. The Balaban J connectivity index is 1.58. The van der Waals surface area contributed by atoms with Gasteiger partial charge in [-0.05, 0) is 67.6 Å². The van der Waals surface area contributed by atoms with Crippen LogP contribution in [0.15, 0.2) is 33.7 Å². The lowest BCUT2D eigenvalue weighted by Gasteiger charge is -2.45. The third-order valence-electron chi connectivity index (χ3n) is 6.72. The van der Waals surface area contributed by atoms with Gasteiger partial charge in [-0.25, -0.2) is 14.6 Å². The fourth-order valence-corrected chi connectivity index (χ4v) is 5.71. The molecule has 0 spiro atoms. The van der Waals surface area contributed by atoms with Gasteiger partial charge in [-0.3, -0.25) is 0 Å². The smallest absolute Gasteiger partial charge is 0.315 e. The van der Waals surface area contributed by atoms with Crippen LogP contribution in [0.25, 0.3) is 0 Å². The summed E-state index contributed by atoms with van der Waals surface area (Å²) in [7, 11) is 0. The van der Waals surface area contributed by atoms with Crippen molar-refractivity contribution in [3.63, 3.8) is 0 Å². The predicted molar refractivity (Wildman–Crippen MR) is 119 cm³/mol. The number of isocyanates is 1. The maximum Gasteiger partial charge on any atom is 0.315 e. The van der Waals surface area contributed by atoms with Gasteiger partial charge in [0.1, 0.15) is 0 Å². The highest BCUT2D eigenvalue weighted by Crippen LogP contribution is 2.51. The third-order valence-corrected chi connectivity index (χ3v) is 7.25. The van der Waals surface area contributed by atoms with Gasteiger partial charge in [0.05, 0.1) is 6.04 Å². The number of rotatable bonds is 6. The molecule has 158 valence electrons. The second kappa shape index (κ2) is 8.23. The first kappa shape index (κ1) is 22.0.